The molecule has 4 heteroatoms. The van der Waals surface area contributed by atoms with Gasteiger partial charge in [-0.25, -0.2) is 4.39 Å². The molecule has 0 amide bonds. The Morgan fingerprint density at radius 1 is 1.50 bits per heavy atom. The third-order valence-corrected chi connectivity index (χ3v) is 3.33. The molecular weight excluding hydrogens is 233 g/mol. The molecular formula is C14H18FNO2. The average Bonchev–Trinajstić information content (AvgIpc) is 2.39. The van der Waals surface area contributed by atoms with E-state index in [2.05, 4.69) is 4.90 Å². The number of anilines is 1. The molecule has 1 unspecified atom stereocenters. The van der Waals surface area contributed by atoms with Crippen LogP contribution >= 0.6 is 0 Å². The smallest absolute Gasteiger partial charge is 0.150 e. The van der Waals surface area contributed by atoms with Crippen LogP contribution in [0.3, 0.4) is 0 Å². The maximum atomic E-state index is 13.4. The van der Waals surface area contributed by atoms with Gasteiger partial charge in [-0.3, -0.25) is 4.79 Å². The summed E-state index contributed by atoms with van der Waals surface area (Å²) in [6.07, 6.45) is 2.89. The zero-order valence-corrected chi connectivity index (χ0v) is 10.6. The highest BCUT2D eigenvalue weighted by Gasteiger charge is 2.20. The first kappa shape index (κ1) is 13.0. The molecule has 1 heterocycles. The second-order valence-electron chi connectivity index (χ2n) is 4.77. The molecule has 3 nitrogen and oxygen atoms in total. The van der Waals surface area contributed by atoms with Crippen molar-refractivity contribution < 1.29 is 13.9 Å². The summed E-state index contributed by atoms with van der Waals surface area (Å²) < 4.78 is 18.6. The van der Waals surface area contributed by atoms with Gasteiger partial charge < -0.3 is 9.64 Å². The van der Waals surface area contributed by atoms with Crippen LogP contribution < -0.4 is 4.90 Å². The highest BCUT2D eigenvalue weighted by molar-refractivity contribution is 5.77. The molecule has 0 N–H and O–H groups in total. The van der Waals surface area contributed by atoms with E-state index in [1.807, 2.05) is 0 Å². The first-order chi connectivity index (χ1) is 8.72. The van der Waals surface area contributed by atoms with E-state index in [0.29, 0.717) is 17.8 Å². The van der Waals surface area contributed by atoms with Crippen molar-refractivity contribution in [1.82, 2.24) is 0 Å². The lowest BCUT2D eigenvalue weighted by atomic mass is 9.98. The highest BCUT2D eigenvalue weighted by atomic mass is 19.1. The van der Waals surface area contributed by atoms with Gasteiger partial charge in [0, 0.05) is 31.5 Å². The Labute approximate surface area is 107 Å². The van der Waals surface area contributed by atoms with Gasteiger partial charge in [0.25, 0.3) is 0 Å². The van der Waals surface area contributed by atoms with Crippen molar-refractivity contribution in [2.75, 3.05) is 31.7 Å². The topological polar surface area (TPSA) is 29.5 Å². The van der Waals surface area contributed by atoms with E-state index in [1.54, 1.807) is 13.2 Å². The molecule has 1 saturated heterocycles. The van der Waals surface area contributed by atoms with Gasteiger partial charge >= 0.3 is 0 Å². The van der Waals surface area contributed by atoms with Gasteiger partial charge in [0.1, 0.15) is 12.1 Å². The number of hydrogen-bond donors (Lipinski definition) is 0. The lowest BCUT2D eigenvalue weighted by Gasteiger charge is -2.34. The Hall–Kier alpha value is -1.42. The third-order valence-electron chi connectivity index (χ3n) is 3.33. The molecule has 1 aliphatic rings. The van der Waals surface area contributed by atoms with Crippen LogP contribution in [0.15, 0.2) is 18.2 Å². The average molecular weight is 251 g/mol. The molecule has 1 aromatic carbocycles. The number of piperidine rings is 1. The fraction of sp³-hybridized carbons (Fsp3) is 0.500. The number of carbonyl (C=O) groups excluding carboxylic acids is 1. The predicted molar refractivity (Wildman–Crippen MR) is 68.6 cm³/mol. The van der Waals surface area contributed by atoms with Crippen molar-refractivity contribution >= 4 is 12.0 Å². The van der Waals surface area contributed by atoms with Crippen LogP contribution in [0.1, 0.15) is 23.2 Å². The van der Waals surface area contributed by atoms with E-state index in [9.17, 15) is 9.18 Å². The molecule has 2 rings (SSSR count). The molecule has 0 aromatic heterocycles. The Morgan fingerprint density at radius 2 is 2.33 bits per heavy atom. The maximum Gasteiger partial charge on any atom is 0.150 e. The van der Waals surface area contributed by atoms with Crippen molar-refractivity contribution in [3.8, 4) is 0 Å². The SMILES string of the molecule is COCC1CCCN(c2cc(F)cc(C=O)c2)C1. The van der Waals surface area contributed by atoms with E-state index in [0.717, 1.165) is 38.2 Å². The van der Waals surface area contributed by atoms with E-state index in [1.165, 1.54) is 12.1 Å². The van der Waals surface area contributed by atoms with Crippen molar-refractivity contribution in [1.29, 1.82) is 0 Å². The number of halogens is 1. The van der Waals surface area contributed by atoms with Crippen LogP contribution in [-0.4, -0.2) is 33.1 Å². The molecule has 98 valence electrons. The van der Waals surface area contributed by atoms with Crippen LogP contribution in [0.2, 0.25) is 0 Å². The fourth-order valence-corrected chi connectivity index (χ4v) is 2.52. The number of methoxy groups -OCH3 is 1. The largest absolute Gasteiger partial charge is 0.384 e. The van der Waals surface area contributed by atoms with Crippen LogP contribution in [0.4, 0.5) is 10.1 Å². The molecule has 0 saturated carbocycles. The summed E-state index contributed by atoms with van der Waals surface area (Å²) in [5.41, 5.74) is 1.18. The molecule has 18 heavy (non-hydrogen) atoms. The molecule has 1 fully saturated rings. The van der Waals surface area contributed by atoms with Gasteiger partial charge in [0.05, 0.1) is 6.61 Å². The first-order valence-electron chi connectivity index (χ1n) is 6.22. The minimum Gasteiger partial charge on any atom is -0.384 e. The van der Waals surface area contributed by atoms with Gasteiger partial charge in [-0.1, -0.05) is 0 Å². The Morgan fingerprint density at radius 3 is 3.06 bits per heavy atom. The van der Waals surface area contributed by atoms with E-state index < -0.39 is 0 Å². The number of aldehydes is 1. The van der Waals surface area contributed by atoms with E-state index in [4.69, 9.17) is 4.74 Å². The Kier molecular flexibility index (Phi) is 4.31. The summed E-state index contributed by atoms with van der Waals surface area (Å²) in [6.45, 7) is 2.49. The van der Waals surface area contributed by atoms with Crippen molar-refractivity contribution in [3.63, 3.8) is 0 Å². The number of nitrogens with zero attached hydrogens (tertiary/aromatic N) is 1. The molecule has 0 radical (unpaired) electrons. The molecule has 1 aromatic rings. The first-order valence-corrected chi connectivity index (χ1v) is 6.22. The van der Waals surface area contributed by atoms with Gasteiger partial charge in [0.2, 0.25) is 0 Å². The van der Waals surface area contributed by atoms with Gasteiger partial charge in [-0.2, -0.15) is 0 Å². The van der Waals surface area contributed by atoms with Gasteiger partial charge in [-0.15, -0.1) is 0 Å². The number of rotatable bonds is 4. The third kappa shape index (κ3) is 3.07. The minimum absolute atomic E-state index is 0.358. The summed E-state index contributed by atoms with van der Waals surface area (Å²) >= 11 is 0. The normalized spacial score (nSPS) is 19.9. The predicted octanol–water partition coefficient (Wildman–Crippen LogP) is 2.50. The summed E-state index contributed by atoms with van der Waals surface area (Å²) in [7, 11) is 1.70. The van der Waals surface area contributed by atoms with Gasteiger partial charge in [0.15, 0.2) is 0 Å². The van der Waals surface area contributed by atoms with Crippen molar-refractivity contribution in [3.05, 3.63) is 29.6 Å². The quantitative estimate of drug-likeness (QED) is 0.770. The highest BCUT2D eigenvalue weighted by Crippen LogP contribution is 2.24. The molecule has 1 atom stereocenters. The second-order valence-corrected chi connectivity index (χ2v) is 4.77. The summed E-state index contributed by atoms with van der Waals surface area (Å²) in [4.78, 5) is 12.9. The molecule has 0 spiro atoms. The lowest BCUT2D eigenvalue weighted by molar-refractivity contribution is 0.112. The summed E-state index contributed by atoms with van der Waals surface area (Å²) in [6, 6.07) is 4.49. The monoisotopic (exact) mass is 251 g/mol. The molecule has 0 aliphatic carbocycles. The van der Waals surface area contributed by atoms with Crippen LogP contribution in [0.5, 0.6) is 0 Å². The van der Waals surface area contributed by atoms with Crippen LogP contribution in [0, 0.1) is 11.7 Å². The van der Waals surface area contributed by atoms with Crippen molar-refractivity contribution in [2.24, 2.45) is 5.92 Å². The zero-order valence-electron chi connectivity index (χ0n) is 10.6. The maximum absolute atomic E-state index is 13.4. The zero-order chi connectivity index (χ0) is 13.0. The van der Waals surface area contributed by atoms with Crippen LogP contribution in [-0.2, 0) is 4.74 Å². The standard InChI is InChI=1S/C14H18FNO2/c1-18-10-11-3-2-4-16(8-11)14-6-12(9-17)5-13(15)7-14/h5-7,9,11H,2-4,8,10H2,1H3. The van der Waals surface area contributed by atoms with E-state index in [-0.39, 0.29) is 5.82 Å². The minimum atomic E-state index is -0.358. The van der Waals surface area contributed by atoms with Crippen LogP contribution in [0.25, 0.3) is 0 Å². The Bertz CT molecular complexity index is 420. The van der Waals surface area contributed by atoms with E-state index >= 15 is 0 Å². The summed E-state index contributed by atoms with van der Waals surface area (Å²) in [5.74, 6) is 0.121. The number of ether oxygens (including phenoxy) is 1. The van der Waals surface area contributed by atoms with Crippen molar-refractivity contribution in [2.45, 2.75) is 12.8 Å². The second kappa shape index (κ2) is 5.96. The number of benzene rings is 1. The molecule has 0 bridgehead atoms. The number of hydrogen-bond acceptors (Lipinski definition) is 3. The van der Waals surface area contributed by atoms with Gasteiger partial charge in [-0.05, 0) is 37.0 Å². The summed E-state index contributed by atoms with van der Waals surface area (Å²) in [5, 5.41) is 0. The fourth-order valence-electron chi connectivity index (χ4n) is 2.52. The number of carbonyl (C=O) groups is 1. The Balaban J connectivity index is 2.14. The lowest BCUT2D eigenvalue weighted by Crippen LogP contribution is -2.37. The molecule has 1 aliphatic heterocycles.